The zero-order chi connectivity index (χ0) is 19.7. The number of benzene rings is 1. The summed E-state index contributed by atoms with van der Waals surface area (Å²) in [5.41, 5.74) is 1.06. The van der Waals surface area contributed by atoms with E-state index in [1.54, 1.807) is 12.1 Å². The van der Waals surface area contributed by atoms with E-state index < -0.39 is 21.9 Å². The highest BCUT2D eigenvalue weighted by molar-refractivity contribution is 7.86. The van der Waals surface area contributed by atoms with E-state index in [1.165, 1.54) is 57.1 Å². The molecule has 1 heterocycles. The standard InChI is InChI=1S/C20H29NO5S/c1-2-3-4-5-6-7-8-9-10-17-11-13-18(14-12-17)27(24,25)26-21-19(22)15-16-20(21)23/h11-14H,2-10,15-16H2,1H3. The second-order valence-corrected chi connectivity index (χ2v) is 8.51. The van der Waals surface area contributed by atoms with Crippen LogP contribution in [0.5, 0.6) is 0 Å². The van der Waals surface area contributed by atoms with Crippen LogP contribution in [0, 0.1) is 0 Å². The Balaban J connectivity index is 1.77. The maximum atomic E-state index is 12.2. The average molecular weight is 396 g/mol. The molecular weight excluding hydrogens is 366 g/mol. The minimum Gasteiger partial charge on any atom is -0.272 e. The van der Waals surface area contributed by atoms with Crippen LogP contribution in [0.3, 0.4) is 0 Å². The van der Waals surface area contributed by atoms with Gasteiger partial charge in [0, 0.05) is 12.8 Å². The smallest absolute Gasteiger partial charge is 0.272 e. The number of unbranched alkanes of at least 4 members (excludes halogenated alkanes) is 7. The lowest BCUT2D eigenvalue weighted by atomic mass is 10.0. The Morgan fingerprint density at radius 3 is 1.93 bits per heavy atom. The monoisotopic (exact) mass is 395 g/mol. The van der Waals surface area contributed by atoms with Crippen molar-refractivity contribution >= 4 is 21.9 Å². The molecule has 6 nitrogen and oxygen atoms in total. The van der Waals surface area contributed by atoms with E-state index in [-0.39, 0.29) is 17.7 Å². The van der Waals surface area contributed by atoms with E-state index >= 15 is 0 Å². The molecule has 7 heteroatoms. The fraction of sp³-hybridized carbons (Fsp3) is 0.600. The number of imide groups is 1. The van der Waals surface area contributed by atoms with Crippen LogP contribution >= 0.6 is 0 Å². The van der Waals surface area contributed by atoms with E-state index in [1.807, 2.05) is 0 Å². The van der Waals surface area contributed by atoms with Crippen molar-refractivity contribution in [3.8, 4) is 0 Å². The third-order valence-electron chi connectivity index (χ3n) is 4.71. The summed E-state index contributed by atoms with van der Waals surface area (Å²) in [6.45, 7) is 2.22. The van der Waals surface area contributed by atoms with Crippen LogP contribution in [0.1, 0.15) is 76.7 Å². The van der Waals surface area contributed by atoms with Gasteiger partial charge in [0.1, 0.15) is 0 Å². The van der Waals surface area contributed by atoms with Gasteiger partial charge in [-0.3, -0.25) is 9.59 Å². The van der Waals surface area contributed by atoms with E-state index in [0.29, 0.717) is 5.06 Å². The quantitative estimate of drug-likeness (QED) is 0.392. The van der Waals surface area contributed by atoms with Gasteiger partial charge in [0.05, 0.1) is 4.90 Å². The minimum atomic E-state index is -4.18. The molecule has 0 saturated carbocycles. The highest BCUT2D eigenvalue weighted by Gasteiger charge is 2.35. The van der Waals surface area contributed by atoms with E-state index in [0.717, 1.165) is 18.4 Å². The fourth-order valence-corrected chi connectivity index (χ4v) is 3.98. The van der Waals surface area contributed by atoms with Crippen molar-refractivity contribution in [2.75, 3.05) is 0 Å². The molecule has 1 saturated heterocycles. The number of carbonyl (C=O) groups is 2. The normalized spacial score (nSPS) is 14.9. The Morgan fingerprint density at radius 1 is 0.852 bits per heavy atom. The van der Waals surface area contributed by atoms with Gasteiger partial charge in [-0.25, -0.2) is 0 Å². The van der Waals surface area contributed by atoms with Crippen LogP contribution in [0.4, 0.5) is 0 Å². The molecule has 0 radical (unpaired) electrons. The lowest BCUT2D eigenvalue weighted by Gasteiger charge is -2.13. The van der Waals surface area contributed by atoms with Crippen molar-refractivity contribution in [1.82, 2.24) is 5.06 Å². The van der Waals surface area contributed by atoms with Gasteiger partial charge in [0.25, 0.3) is 11.8 Å². The summed E-state index contributed by atoms with van der Waals surface area (Å²) < 4.78 is 29.2. The van der Waals surface area contributed by atoms with Crippen molar-refractivity contribution in [3.05, 3.63) is 29.8 Å². The van der Waals surface area contributed by atoms with Crippen LogP contribution in [0.15, 0.2) is 29.2 Å². The van der Waals surface area contributed by atoms with Crippen molar-refractivity contribution in [2.45, 2.75) is 82.4 Å². The van der Waals surface area contributed by atoms with Crippen LogP contribution in [-0.4, -0.2) is 25.3 Å². The van der Waals surface area contributed by atoms with Crippen molar-refractivity contribution in [2.24, 2.45) is 0 Å². The van der Waals surface area contributed by atoms with Crippen molar-refractivity contribution in [3.63, 3.8) is 0 Å². The molecule has 0 unspecified atom stereocenters. The molecular formula is C20H29NO5S. The molecule has 2 amide bonds. The Kier molecular flexibility index (Phi) is 8.44. The molecule has 0 aromatic heterocycles. The SMILES string of the molecule is CCCCCCCCCCc1ccc(S(=O)(=O)ON2C(=O)CCC2=O)cc1. The number of hydrogen-bond donors (Lipinski definition) is 0. The number of nitrogens with zero attached hydrogens (tertiary/aromatic N) is 1. The van der Waals surface area contributed by atoms with Crippen molar-refractivity contribution < 1.29 is 22.3 Å². The largest absolute Gasteiger partial charge is 0.318 e. The maximum absolute atomic E-state index is 12.2. The number of rotatable bonds is 12. The second kappa shape index (κ2) is 10.6. The number of aryl methyl sites for hydroxylation is 1. The Morgan fingerprint density at radius 2 is 1.37 bits per heavy atom. The average Bonchev–Trinajstić information content (AvgIpc) is 2.96. The zero-order valence-electron chi connectivity index (χ0n) is 16.0. The number of amides is 2. The van der Waals surface area contributed by atoms with Gasteiger partial charge in [-0.1, -0.05) is 64.0 Å². The Bertz CT molecular complexity index is 711. The molecule has 150 valence electrons. The lowest BCUT2D eigenvalue weighted by Crippen LogP contribution is -2.32. The molecule has 1 aromatic rings. The van der Waals surface area contributed by atoms with Gasteiger partial charge in [-0.2, -0.15) is 8.42 Å². The van der Waals surface area contributed by atoms with Gasteiger partial charge >= 0.3 is 10.1 Å². The summed E-state index contributed by atoms with van der Waals surface area (Å²) in [5, 5.41) is 0.351. The van der Waals surface area contributed by atoms with Crippen LogP contribution in [0.25, 0.3) is 0 Å². The molecule has 2 rings (SSSR count). The summed E-state index contributed by atoms with van der Waals surface area (Å²) in [6, 6.07) is 6.43. The Labute approximate surface area is 162 Å². The van der Waals surface area contributed by atoms with Gasteiger partial charge in [-0.15, -0.1) is 9.35 Å². The first-order valence-electron chi connectivity index (χ1n) is 9.83. The highest BCUT2D eigenvalue weighted by Crippen LogP contribution is 2.20. The van der Waals surface area contributed by atoms with Gasteiger partial charge in [0.2, 0.25) is 0 Å². The van der Waals surface area contributed by atoms with Gasteiger partial charge in [0.15, 0.2) is 0 Å². The van der Waals surface area contributed by atoms with Gasteiger partial charge < -0.3 is 0 Å². The third kappa shape index (κ3) is 6.74. The van der Waals surface area contributed by atoms with Crippen LogP contribution in [0.2, 0.25) is 0 Å². The van der Waals surface area contributed by atoms with Crippen molar-refractivity contribution in [1.29, 1.82) is 0 Å². The predicted molar refractivity (Wildman–Crippen MR) is 102 cm³/mol. The summed E-state index contributed by atoms with van der Waals surface area (Å²) >= 11 is 0. The van der Waals surface area contributed by atoms with E-state index in [2.05, 4.69) is 6.92 Å². The minimum absolute atomic E-state index is 0.0219. The second-order valence-electron chi connectivity index (χ2n) is 6.98. The number of hydrogen-bond acceptors (Lipinski definition) is 5. The molecule has 0 bridgehead atoms. The molecule has 1 aliphatic rings. The first-order valence-corrected chi connectivity index (χ1v) is 11.2. The molecule has 1 aromatic carbocycles. The summed E-state index contributed by atoms with van der Waals surface area (Å²) in [6.07, 6.45) is 10.8. The number of hydroxylamine groups is 2. The summed E-state index contributed by atoms with van der Waals surface area (Å²) in [7, 11) is -4.18. The summed E-state index contributed by atoms with van der Waals surface area (Å²) in [4.78, 5) is 23.0. The molecule has 27 heavy (non-hydrogen) atoms. The molecule has 1 fully saturated rings. The Hall–Kier alpha value is -1.73. The molecule has 0 aliphatic carbocycles. The topological polar surface area (TPSA) is 80.8 Å². The molecule has 0 N–H and O–H groups in total. The first kappa shape index (κ1) is 21.6. The van der Waals surface area contributed by atoms with E-state index in [4.69, 9.17) is 4.28 Å². The third-order valence-corrected chi connectivity index (χ3v) is 5.90. The van der Waals surface area contributed by atoms with Gasteiger partial charge in [-0.05, 0) is 30.5 Å². The number of carbonyl (C=O) groups excluding carboxylic acids is 2. The molecule has 0 spiro atoms. The molecule has 1 aliphatic heterocycles. The summed E-state index contributed by atoms with van der Waals surface area (Å²) in [5.74, 6) is -1.26. The zero-order valence-corrected chi connectivity index (χ0v) is 16.8. The lowest BCUT2D eigenvalue weighted by molar-refractivity contribution is -0.163. The highest BCUT2D eigenvalue weighted by atomic mass is 32.2. The predicted octanol–water partition coefficient (Wildman–Crippen LogP) is 4.14. The van der Waals surface area contributed by atoms with E-state index in [9.17, 15) is 18.0 Å². The maximum Gasteiger partial charge on any atom is 0.318 e. The first-order chi connectivity index (χ1) is 12.9. The fourth-order valence-electron chi connectivity index (χ4n) is 3.07. The van der Waals surface area contributed by atoms with Crippen LogP contribution < -0.4 is 0 Å². The van der Waals surface area contributed by atoms with Crippen LogP contribution in [-0.2, 0) is 30.4 Å². The molecule has 0 atom stereocenters.